The number of hydrogen-bond acceptors (Lipinski definition) is 2. The van der Waals surface area contributed by atoms with Gasteiger partial charge in [0.2, 0.25) is 0 Å². The van der Waals surface area contributed by atoms with Crippen molar-refractivity contribution in [2.24, 2.45) is 0 Å². The van der Waals surface area contributed by atoms with E-state index in [2.05, 4.69) is 0 Å². The average molecular weight is 291 g/mol. The highest BCUT2D eigenvalue weighted by atomic mass is 19.4. The fourth-order valence-corrected chi connectivity index (χ4v) is 2.20. The Hall–Kier alpha value is -1.63. The van der Waals surface area contributed by atoms with Crippen LogP contribution in [0.15, 0.2) is 18.2 Å². The highest BCUT2D eigenvalue weighted by Gasteiger charge is 2.38. The van der Waals surface area contributed by atoms with Gasteiger partial charge in [0.15, 0.2) is 0 Å². The molecule has 1 N–H and O–H groups in total. The molecule has 110 valence electrons. The second-order valence-corrected chi connectivity index (χ2v) is 5.14. The van der Waals surface area contributed by atoms with Crippen molar-refractivity contribution in [3.8, 4) is 0 Å². The van der Waals surface area contributed by atoms with Crippen LogP contribution in [0.5, 0.6) is 0 Å². The van der Waals surface area contributed by atoms with E-state index in [0.29, 0.717) is 12.5 Å². The van der Waals surface area contributed by atoms with Crippen molar-refractivity contribution < 1.29 is 27.5 Å². The minimum Gasteiger partial charge on any atom is -0.388 e. The summed E-state index contributed by atoms with van der Waals surface area (Å²) in [5.74, 6) is -2.41. The maximum atomic E-state index is 13.8. The largest absolute Gasteiger partial charge is 0.419 e. The molecule has 0 aromatic heterocycles. The number of nitrogens with zero attached hydrogens (tertiary/aromatic N) is 1. The molecule has 0 spiro atoms. The van der Waals surface area contributed by atoms with Crippen molar-refractivity contribution in [3.63, 3.8) is 0 Å². The minimum atomic E-state index is -4.85. The van der Waals surface area contributed by atoms with E-state index in [9.17, 15) is 27.5 Å². The lowest BCUT2D eigenvalue weighted by atomic mass is 10.1. The van der Waals surface area contributed by atoms with Crippen LogP contribution in [0.2, 0.25) is 0 Å². The number of carbonyl (C=O) groups excluding carboxylic acids is 1. The summed E-state index contributed by atoms with van der Waals surface area (Å²) in [5.41, 5.74) is -3.18. The van der Waals surface area contributed by atoms with Crippen LogP contribution in [0.25, 0.3) is 0 Å². The van der Waals surface area contributed by atoms with Crippen LogP contribution in [0, 0.1) is 5.82 Å². The van der Waals surface area contributed by atoms with Crippen molar-refractivity contribution in [3.05, 3.63) is 35.1 Å². The molecule has 1 saturated heterocycles. The molecule has 0 saturated carbocycles. The molecule has 1 aliphatic rings. The summed E-state index contributed by atoms with van der Waals surface area (Å²) in [7, 11) is 0. The predicted molar refractivity (Wildman–Crippen MR) is 62.5 cm³/mol. The Morgan fingerprint density at radius 1 is 1.40 bits per heavy atom. The van der Waals surface area contributed by atoms with Crippen LogP contribution in [-0.2, 0) is 6.18 Å². The van der Waals surface area contributed by atoms with Crippen molar-refractivity contribution in [2.45, 2.75) is 25.1 Å². The molecule has 20 heavy (non-hydrogen) atoms. The van der Waals surface area contributed by atoms with E-state index in [1.807, 2.05) is 0 Å². The number of halogens is 4. The van der Waals surface area contributed by atoms with Gasteiger partial charge in [0.25, 0.3) is 5.91 Å². The standard InChI is InChI=1S/C13H13F4NO2/c1-12(20)5-6-18(7-12)11(19)8-3-2-4-9(10(8)14)13(15,16)17/h2-4,20H,5-7H2,1H3. The van der Waals surface area contributed by atoms with Gasteiger partial charge in [0.1, 0.15) is 5.82 Å². The Labute approximate surface area is 112 Å². The van der Waals surface area contributed by atoms with E-state index in [4.69, 9.17) is 0 Å². The lowest BCUT2D eigenvalue weighted by Crippen LogP contribution is -2.34. The number of β-amino-alcohol motifs (C(OH)–C–C–N with tert-alkyl or cyclic N) is 1. The Morgan fingerprint density at radius 2 is 2.05 bits per heavy atom. The number of benzene rings is 1. The second kappa shape index (κ2) is 4.73. The third-order valence-electron chi connectivity index (χ3n) is 3.27. The van der Waals surface area contributed by atoms with Crippen LogP contribution in [0.1, 0.15) is 29.3 Å². The fourth-order valence-electron chi connectivity index (χ4n) is 2.20. The summed E-state index contributed by atoms with van der Waals surface area (Å²) >= 11 is 0. The number of alkyl halides is 3. The quantitative estimate of drug-likeness (QED) is 0.807. The maximum absolute atomic E-state index is 13.8. The van der Waals surface area contributed by atoms with Gasteiger partial charge >= 0.3 is 6.18 Å². The van der Waals surface area contributed by atoms with Gasteiger partial charge in [-0.25, -0.2) is 4.39 Å². The fraction of sp³-hybridized carbons (Fsp3) is 0.462. The average Bonchev–Trinajstić information content (AvgIpc) is 2.67. The van der Waals surface area contributed by atoms with Crippen molar-refractivity contribution >= 4 is 5.91 Å². The molecule has 1 aliphatic heterocycles. The smallest absolute Gasteiger partial charge is 0.388 e. The molecule has 1 aromatic rings. The minimum absolute atomic E-state index is 0.0263. The molecule has 1 heterocycles. The zero-order valence-corrected chi connectivity index (χ0v) is 10.7. The Morgan fingerprint density at radius 3 is 2.55 bits per heavy atom. The number of carbonyl (C=O) groups is 1. The highest BCUT2D eigenvalue weighted by molar-refractivity contribution is 5.95. The van der Waals surface area contributed by atoms with Crippen LogP contribution in [0.4, 0.5) is 17.6 Å². The van der Waals surface area contributed by atoms with Gasteiger partial charge in [0, 0.05) is 13.1 Å². The third kappa shape index (κ3) is 2.77. The van der Waals surface area contributed by atoms with Gasteiger partial charge in [-0.3, -0.25) is 4.79 Å². The summed E-state index contributed by atoms with van der Waals surface area (Å²) < 4.78 is 51.6. The van der Waals surface area contributed by atoms with Gasteiger partial charge < -0.3 is 10.0 Å². The normalized spacial score (nSPS) is 23.2. The van der Waals surface area contributed by atoms with Gasteiger partial charge in [-0.15, -0.1) is 0 Å². The van der Waals surface area contributed by atoms with E-state index in [-0.39, 0.29) is 13.1 Å². The number of amides is 1. The molecule has 1 aromatic carbocycles. The molecule has 1 unspecified atom stereocenters. The Bertz CT molecular complexity index is 540. The number of aliphatic hydroxyl groups is 1. The molecular weight excluding hydrogens is 278 g/mol. The zero-order chi connectivity index (χ0) is 15.1. The lowest BCUT2D eigenvalue weighted by molar-refractivity contribution is -0.140. The molecule has 1 fully saturated rings. The summed E-state index contributed by atoms with van der Waals surface area (Å²) in [4.78, 5) is 13.2. The summed E-state index contributed by atoms with van der Waals surface area (Å²) in [6.45, 7) is 1.67. The Balaban J connectivity index is 2.32. The van der Waals surface area contributed by atoms with Crippen LogP contribution < -0.4 is 0 Å². The van der Waals surface area contributed by atoms with Gasteiger partial charge in [-0.2, -0.15) is 13.2 Å². The molecule has 1 amide bonds. The summed E-state index contributed by atoms with van der Waals surface area (Å²) in [6, 6.07) is 2.60. The lowest BCUT2D eigenvalue weighted by Gasteiger charge is -2.20. The highest BCUT2D eigenvalue weighted by Crippen LogP contribution is 2.33. The van der Waals surface area contributed by atoms with E-state index in [1.54, 1.807) is 0 Å². The predicted octanol–water partition coefficient (Wildman–Crippen LogP) is 2.44. The van der Waals surface area contributed by atoms with Crippen LogP contribution >= 0.6 is 0 Å². The van der Waals surface area contributed by atoms with Gasteiger partial charge in [0.05, 0.1) is 16.7 Å². The zero-order valence-electron chi connectivity index (χ0n) is 10.7. The summed E-state index contributed by atoms with van der Waals surface area (Å²) in [5, 5.41) is 9.75. The molecule has 1 atom stereocenters. The molecule has 3 nitrogen and oxygen atoms in total. The maximum Gasteiger partial charge on any atom is 0.419 e. The van der Waals surface area contributed by atoms with Gasteiger partial charge in [-0.05, 0) is 25.5 Å². The number of likely N-dealkylation sites (tertiary alicyclic amines) is 1. The number of rotatable bonds is 1. The summed E-state index contributed by atoms with van der Waals surface area (Å²) in [6.07, 6.45) is -4.55. The van der Waals surface area contributed by atoms with Crippen LogP contribution in [0.3, 0.4) is 0 Å². The molecule has 0 radical (unpaired) electrons. The SMILES string of the molecule is CC1(O)CCN(C(=O)c2cccc(C(F)(F)F)c2F)C1. The molecule has 0 aliphatic carbocycles. The first-order valence-electron chi connectivity index (χ1n) is 5.99. The number of hydrogen-bond donors (Lipinski definition) is 1. The molecule has 7 heteroatoms. The third-order valence-corrected chi connectivity index (χ3v) is 3.27. The first-order chi connectivity index (χ1) is 9.12. The molecule has 2 rings (SSSR count). The second-order valence-electron chi connectivity index (χ2n) is 5.14. The molecular formula is C13H13F4NO2. The van der Waals surface area contributed by atoms with Crippen molar-refractivity contribution in [2.75, 3.05) is 13.1 Å². The van der Waals surface area contributed by atoms with Gasteiger partial charge in [-0.1, -0.05) is 6.07 Å². The first-order valence-corrected chi connectivity index (χ1v) is 5.99. The van der Waals surface area contributed by atoms with E-state index < -0.39 is 34.6 Å². The topological polar surface area (TPSA) is 40.5 Å². The van der Waals surface area contributed by atoms with E-state index in [1.165, 1.54) is 6.92 Å². The van der Waals surface area contributed by atoms with E-state index >= 15 is 0 Å². The van der Waals surface area contributed by atoms with E-state index in [0.717, 1.165) is 17.0 Å². The monoisotopic (exact) mass is 291 g/mol. The van der Waals surface area contributed by atoms with Crippen molar-refractivity contribution in [1.29, 1.82) is 0 Å². The van der Waals surface area contributed by atoms with Crippen LogP contribution in [-0.4, -0.2) is 34.6 Å². The molecule has 0 bridgehead atoms. The Kier molecular flexibility index (Phi) is 3.49. The van der Waals surface area contributed by atoms with Crippen molar-refractivity contribution in [1.82, 2.24) is 4.90 Å². The first kappa shape index (κ1) is 14.8.